The van der Waals surface area contributed by atoms with Crippen LogP contribution >= 0.6 is 0 Å². The van der Waals surface area contributed by atoms with Gasteiger partial charge in [-0.05, 0) is 39.8 Å². The van der Waals surface area contributed by atoms with Crippen molar-refractivity contribution in [3.05, 3.63) is 0 Å². The highest BCUT2D eigenvalue weighted by Crippen LogP contribution is 2.08. The van der Waals surface area contributed by atoms with Gasteiger partial charge in [-0.25, -0.2) is 0 Å². The van der Waals surface area contributed by atoms with E-state index >= 15 is 0 Å². The molecule has 0 bridgehead atoms. The number of piperidine rings is 1. The maximum absolute atomic E-state index is 11.7. The summed E-state index contributed by atoms with van der Waals surface area (Å²) < 4.78 is 4.99. The van der Waals surface area contributed by atoms with E-state index in [9.17, 15) is 4.79 Å². The van der Waals surface area contributed by atoms with Crippen molar-refractivity contribution in [1.82, 2.24) is 15.5 Å². The fraction of sp³-hybridized carbons (Fsp3) is 0.929. The van der Waals surface area contributed by atoms with E-state index in [1.165, 1.54) is 32.4 Å². The van der Waals surface area contributed by atoms with Crippen molar-refractivity contribution >= 4 is 5.91 Å². The second-order valence-corrected chi connectivity index (χ2v) is 5.57. The molecular formula is C14H29N3O2. The van der Waals surface area contributed by atoms with Gasteiger partial charge in [0.25, 0.3) is 0 Å². The SMILES string of the molecule is COCC(C)NC(=O)CNC(C)CN1CCCCC1. The van der Waals surface area contributed by atoms with Gasteiger partial charge in [-0.1, -0.05) is 6.42 Å². The maximum atomic E-state index is 11.7. The van der Waals surface area contributed by atoms with Gasteiger partial charge in [-0.2, -0.15) is 0 Å². The van der Waals surface area contributed by atoms with Crippen LogP contribution in [0.3, 0.4) is 0 Å². The largest absolute Gasteiger partial charge is 0.383 e. The highest BCUT2D eigenvalue weighted by molar-refractivity contribution is 5.78. The number of carbonyl (C=O) groups excluding carboxylic acids is 1. The lowest BCUT2D eigenvalue weighted by atomic mass is 10.1. The first-order chi connectivity index (χ1) is 9.11. The summed E-state index contributed by atoms with van der Waals surface area (Å²) in [5, 5.41) is 6.18. The van der Waals surface area contributed by atoms with Gasteiger partial charge in [0.15, 0.2) is 0 Å². The Kier molecular flexibility index (Phi) is 8.02. The van der Waals surface area contributed by atoms with Crippen LogP contribution in [0.2, 0.25) is 0 Å². The smallest absolute Gasteiger partial charge is 0.234 e. The summed E-state index contributed by atoms with van der Waals surface area (Å²) in [5.41, 5.74) is 0. The first kappa shape index (κ1) is 16.4. The molecule has 1 fully saturated rings. The van der Waals surface area contributed by atoms with Crippen molar-refractivity contribution in [3.63, 3.8) is 0 Å². The van der Waals surface area contributed by atoms with Gasteiger partial charge >= 0.3 is 0 Å². The van der Waals surface area contributed by atoms with Gasteiger partial charge in [0, 0.05) is 25.7 Å². The maximum Gasteiger partial charge on any atom is 0.234 e. The topological polar surface area (TPSA) is 53.6 Å². The summed E-state index contributed by atoms with van der Waals surface area (Å²) in [6.45, 7) is 8.43. The molecule has 1 amide bonds. The Hall–Kier alpha value is -0.650. The number of likely N-dealkylation sites (tertiary alicyclic amines) is 1. The lowest BCUT2D eigenvalue weighted by Crippen LogP contribution is -2.46. The van der Waals surface area contributed by atoms with Gasteiger partial charge in [0.1, 0.15) is 0 Å². The molecule has 1 heterocycles. The van der Waals surface area contributed by atoms with Crippen LogP contribution in [0, 0.1) is 0 Å². The van der Waals surface area contributed by atoms with E-state index in [0.717, 1.165) is 6.54 Å². The van der Waals surface area contributed by atoms with Crippen LogP contribution in [0.4, 0.5) is 0 Å². The number of nitrogens with one attached hydrogen (secondary N) is 2. The van der Waals surface area contributed by atoms with E-state index in [1.807, 2.05) is 6.92 Å². The third-order valence-electron chi connectivity index (χ3n) is 3.42. The quantitative estimate of drug-likeness (QED) is 0.679. The van der Waals surface area contributed by atoms with Crippen LogP contribution in [0.25, 0.3) is 0 Å². The third-order valence-corrected chi connectivity index (χ3v) is 3.42. The lowest BCUT2D eigenvalue weighted by Gasteiger charge is -2.29. The predicted octanol–water partition coefficient (Wildman–Crippen LogP) is 0.602. The van der Waals surface area contributed by atoms with Gasteiger partial charge in [-0.15, -0.1) is 0 Å². The van der Waals surface area contributed by atoms with E-state index < -0.39 is 0 Å². The van der Waals surface area contributed by atoms with Gasteiger partial charge in [0.05, 0.1) is 13.2 Å². The fourth-order valence-corrected chi connectivity index (χ4v) is 2.48. The Morgan fingerprint density at radius 2 is 1.89 bits per heavy atom. The molecule has 5 heteroatoms. The first-order valence-corrected chi connectivity index (χ1v) is 7.36. The average molecular weight is 271 g/mol. The van der Waals surface area contributed by atoms with Crippen LogP contribution < -0.4 is 10.6 Å². The summed E-state index contributed by atoms with van der Waals surface area (Å²) in [4.78, 5) is 14.2. The Bertz CT molecular complexity index is 255. The van der Waals surface area contributed by atoms with Gasteiger partial charge < -0.3 is 20.3 Å². The molecule has 0 aromatic heterocycles. The zero-order valence-electron chi connectivity index (χ0n) is 12.6. The average Bonchev–Trinajstić information content (AvgIpc) is 2.38. The zero-order chi connectivity index (χ0) is 14.1. The molecule has 1 aliphatic heterocycles. The molecule has 2 atom stereocenters. The van der Waals surface area contributed by atoms with Crippen LogP contribution in [0.15, 0.2) is 0 Å². The van der Waals surface area contributed by atoms with E-state index in [-0.39, 0.29) is 11.9 Å². The zero-order valence-corrected chi connectivity index (χ0v) is 12.6. The molecule has 0 radical (unpaired) electrons. The monoisotopic (exact) mass is 271 g/mol. The first-order valence-electron chi connectivity index (χ1n) is 7.36. The molecule has 0 aliphatic carbocycles. The van der Waals surface area contributed by atoms with Crippen LogP contribution in [0.1, 0.15) is 33.1 Å². The summed E-state index contributed by atoms with van der Waals surface area (Å²) in [6, 6.07) is 0.415. The molecular weight excluding hydrogens is 242 g/mol. The second-order valence-electron chi connectivity index (χ2n) is 5.57. The summed E-state index contributed by atoms with van der Waals surface area (Å²) in [6.07, 6.45) is 3.97. The minimum absolute atomic E-state index is 0.0371. The van der Waals surface area contributed by atoms with Crippen LogP contribution in [-0.2, 0) is 9.53 Å². The second kappa shape index (κ2) is 9.28. The highest BCUT2D eigenvalue weighted by atomic mass is 16.5. The predicted molar refractivity (Wildman–Crippen MR) is 77.2 cm³/mol. The number of ether oxygens (including phenoxy) is 1. The molecule has 2 N–H and O–H groups in total. The number of nitrogens with zero attached hydrogens (tertiary/aromatic N) is 1. The number of hydrogen-bond acceptors (Lipinski definition) is 4. The van der Waals surface area contributed by atoms with Gasteiger partial charge in [-0.3, -0.25) is 4.79 Å². The highest BCUT2D eigenvalue weighted by Gasteiger charge is 2.14. The minimum atomic E-state index is 0.0371. The van der Waals surface area contributed by atoms with Crippen molar-refractivity contribution < 1.29 is 9.53 Å². The Labute approximate surface area is 117 Å². The fourth-order valence-electron chi connectivity index (χ4n) is 2.48. The van der Waals surface area contributed by atoms with E-state index in [4.69, 9.17) is 4.74 Å². The Morgan fingerprint density at radius 3 is 2.53 bits per heavy atom. The molecule has 19 heavy (non-hydrogen) atoms. The van der Waals surface area contributed by atoms with Gasteiger partial charge in [0.2, 0.25) is 5.91 Å². The Morgan fingerprint density at radius 1 is 1.21 bits per heavy atom. The molecule has 112 valence electrons. The molecule has 1 saturated heterocycles. The molecule has 1 aliphatic rings. The molecule has 2 unspecified atom stereocenters. The van der Waals surface area contributed by atoms with E-state index in [0.29, 0.717) is 19.2 Å². The van der Waals surface area contributed by atoms with Crippen molar-refractivity contribution in [2.75, 3.05) is 39.9 Å². The number of methoxy groups -OCH3 is 1. The van der Waals surface area contributed by atoms with Crippen molar-refractivity contribution in [2.24, 2.45) is 0 Å². The summed E-state index contributed by atoms with van der Waals surface area (Å²) >= 11 is 0. The van der Waals surface area contributed by atoms with Crippen molar-refractivity contribution in [3.8, 4) is 0 Å². The van der Waals surface area contributed by atoms with Crippen molar-refractivity contribution in [2.45, 2.75) is 45.2 Å². The van der Waals surface area contributed by atoms with Crippen molar-refractivity contribution in [1.29, 1.82) is 0 Å². The number of amides is 1. The number of rotatable bonds is 8. The van der Waals surface area contributed by atoms with E-state index in [1.54, 1.807) is 7.11 Å². The standard InChI is InChI=1S/C14H29N3O2/c1-12(10-17-7-5-4-6-8-17)15-9-14(18)16-13(2)11-19-3/h12-13,15H,4-11H2,1-3H3,(H,16,18). The molecule has 5 nitrogen and oxygen atoms in total. The molecule has 0 aromatic rings. The van der Waals surface area contributed by atoms with E-state index in [2.05, 4.69) is 22.5 Å². The van der Waals surface area contributed by atoms with Crippen LogP contribution in [0.5, 0.6) is 0 Å². The summed E-state index contributed by atoms with van der Waals surface area (Å²) in [7, 11) is 1.64. The Balaban J connectivity index is 2.11. The lowest BCUT2D eigenvalue weighted by molar-refractivity contribution is -0.121. The minimum Gasteiger partial charge on any atom is -0.383 e. The molecule has 0 saturated carbocycles. The normalized spacial score (nSPS) is 19.9. The number of carbonyl (C=O) groups is 1. The molecule has 1 rings (SSSR count). The molecule has 0 aromatic carbocycles. The molecule has 0 spiro atoms. The third kappa shape index (κ3) is 7.50. The van der Waals surface area contributed by atoms with Crippen LogP contribution in [-0.4, -0.2) is 62.8 Å². The number of hydrogen-bond donors (Lipinski definition) is 2. The summed E-state index contributed by atoms with van der Waals surface area (Å²) in [5.74, 6) is 0.0371.